The van der Waals surface area contributed by atoms with Crippen molar-refractivity contribution in [1.29, 1.82) is 0 Å². The number of rotatable bonds is 6. The van der Waals surface area contributed by atoms with E-state index in [1.54, 1.807) is 17.8 Å². The minimum atomic E-state index is -0.401. The van der Waals surface area contributed by atoms with Crippen molar-refractivity contribution < 1.29 is 9.53 Å². The van der Waals surface area contributed by atoms with Crippen LogP contribution in [0, 0.1) is 35.0 Å². The predicted molar refractivity (Wildman–Crippen MR) is 150 cm³/mol. The molecule has 4 nitrogen and oxygen atoms in total. The molecule has 5 atom stereocenters. The van der Waals surface area contributed by atoms with E-state index >= 15 is 0 Å². The summed E-state index contributed by atoms with van der Waals surface area (Å²) in [6.45, 7) is 9.54. The van der Waals surface area contributed by atoms with Gasteiger partial charge in [0, 0.05) is 11.9 Å². The zero-order chi connectivity index (χ0) is 26.2. The standard InChI is InChI=1S/C32H39ClN2O2/c1-20(2)22-8-11-26-23(17-22)9-12-27-30(26)21(3)14-15-32(27,4)31(36)35-24-10-13-29(28(33)18-24)37-19-25-7-5-6-16-34-25/h5-7,9-10,13,16-18,20-21,26-27,30H,8,11-12,14-15,19H2,1-4H3,(H,35,36)/t21-,26-,27+,30+,32+/m0/s1. The van der Waals surface area contributed by atoms with Crippen LogP contribution in [0.15, 0.2) is 65.9 Å². The van der Waals surface area contributed by atoms with Crippen molar-refractivity contribution in [2.75, 3.05) is 5.32 Å². The average molecular weight is 519 g/mol. The number of anilines is 1. The number of amides is 1. The lowest BCUT2D eigenvalue weighted by atomic mass is 9.51. The molecule has 1 heterocycles. The van der Waals surface area contributed by atoms with Gasteiger partial charge < -0.3 is 10.1 Å². The molecule has 5 rings (SSSR count). The molecule has 3 aliphatic carbocycles. The van der Waals surface area contributed by atoms with E-state index in [2.05, 4.69) is 50.1 Å². The molecule has 37 heavy (non-hydrogen) atoms. The molecule has 0 spiro atoms. The lowest BCUT2D eigenvalue weighted by molar-refractivity contribution is -0.134. The second kappa shape index (κ2) is 10.6. The number of nitrogens with one attached hydrogen (secondary N) is 1. The van der Waals surface area contributed by atoms with E-state index in [0.717, 1.165) is 25.0 Å². The summed E-state index contributed by atoms with van der Waals surface area (Å²) in [5.41, 5.74) is 4.26. The van der Waals surface area contributed by atoms with E-state index in [4.69, 9.17) is 16.3 Å². The molecule has 1 aromatic heterocycles. The van der Waals surface area contributed by atoms with Crippen LogP contribution in [-0.2, 0) is 11.4 Å². The van der Waals surface area contributed by atoms with Crippen LogP contribution in [0.5, 0.6) is 5.75 Å². The van der Waals surface area contributed by atoms with E-state index in [0.29, 0.717) is 52.7 Å². The fraction of sp³-hybridized carbons (Fsp3) is 0.500. The number of allylic oxidation sites excluding steroid dienone is 4. The Kier molecular flexibility index (Phi) is 7.49. The highest BCUT2D eigenvalue weighted by Gasteiger charge is 2.53. The van der Waals surface area contributed by atoms with E-state index in [1.807, 2.05) is 30.3 Å². The van der Waals surface area contributed by atoms with Crippen LogP contribution in [0.4, 0.5) is 5.69 Å². The summed E-state index contributed by atoms with van der Waals surface area (Å²) in [6.07, 6.45) is 12.1. The zero-order valence-electron chi connectivity index (χ0n) is 22.5. The van der Waals surface area contributed by atoms with Crippen LogP contribution in [-0.4, -0.2) is 10.9 Å². The van der Waals surface area contributed by atoms with Crippen molar-refractivity contribution in [2.24, 2.45) is 35.0 Å². The Labute approximate surface area is 226 Å². The fourth-order valence-corrected chi connectivity index (χ4v) is 7.17. The lowest BCUT2D eigenvalue weighted by Gasteiger charge is -2.53. The predicted octanol–water partition coefficient (Wildman–Crippen LogP) is 8.24. The van der Waals surface area contributed by atoms with Crippen molar-refractivity contribution >= 4 is 23.2 Å². The molecule has 5 heteroatoms. The number of nitrogens with zero attached hydrogens (tertiary/aromatic N) is 1. The maximum atomic E-state index is 13.8. The normalized spacial score (nSPS) is 29.0. The van der Waals surface area contributed by atoms with Gasteiger partial charge in [0.1, 0.15) is 12.4 Å². The minimum absolute atomic E-state index is 0.110. The molecule has 0 radical (unpaired) electrons. The summed E-state index contributed by atoms with van der Waals surface area (Å²) in [6, 6.07) is 11.2. The summed E-state index contributed by atoms with van der Waals surface area (Å²) in [5.74, 6) is 3.43. The first-order valence-corrected chi connectivity index (χ1v) is 14.2. The van der Waals surface area contributed by atoms with Crippen LogP contribution in [0.3, 0.4) is 0 Å². The van der Waals surface area contributed by atoms with Crippen molar-refractivity contribution in [3.8, 4) is 5.75 Å². The molecule has 1 N–H and O–H groups in total. The maximum Gasteiger partial charge on any atom is 0.230 e. The summed E-state index contributed by atoms with van der Waals surface area (Å²) in [4.78, 5) is 18.1. The molecule has 1 saturated carbocycles. The average Bonchev–Trinajstić information content (AvgIpc) is 2.90. The quantitative estimate of drug-likeness (QED) is 0.419. The van der Waals surface area contributed by atoms with E-state index in [9.17, 15) is 4.79 Å². The van der Waals surface area contributed by atoms with Gasteiger partial charge in [-0.05, 0) is 97.6 Å². The van der Waals surface area contributed by atoms with Gasteiger partial charge >= 0.3 is 0 Å². The Morgan fingerprint density at radius 3 is 2.81 bits per heavy atom. The van der Waals surface area contributed by atoms with Gasteiger partial charge in [0.15, 0.2) is 0 Å². The number of pyridine rings is 1. The molecule has 0 saturated heterocycles. The third kappa shape index (κ3) is 5.23. The van der Waals surface area contributed by atoms with Gasteiger partial charge in [-0.3, -0.25) is 9.78 Å². The Bertz CT molecular complexity index is 1200. The molecular weight excluding hydrogens is 480 g/mol. The molecule has 0 aliphatic heterocycles. The van der Waals surface area contributed by atoms with Gasteiger partial charge in [-0.2, -0.15) is 0 Å². The summed E-state index contributed by atoms with van der Waals surface area (Å²) in [5, 5.41) is 3.69. The van der Waals surface area contributed by atoms with Gasteiger partial charge in [-0.15, -0.1) is 0 Å². The molecule has 1 amide bonds. The highest BCUT2D eigenvalue weighted by atomic mass is 35.5. The number of aromatic nitrogens is 1. The molecule has 196 valence electrons. The molecule has 0 unspecified atom stereocenters. The Morgan fingerprint density at radius 1 is 1.24 bits per heavy atom. The fourth-order valence-electron chi connectivity index (χ4n) is 6.93. The second-order valence-corrected chi connectivity index (χ2v) is 12.2. The minimum Gasteiger partial charge on any atom is -0.486 e. The SMILES string of the molecule is CC(C)C1=CC2=CC[C@@H]3[C@H]([C@@H](C)CC[C@@]3(C)C(=O)Nc3ccc(OCc4ccccn4)c(Cl)c3)[C@H]2CC1. The number of hydrogen-bond donors (Lipinski definition) is 1. The molecule has 1 fully saturated rings. The lowest BCUT2D eigenvalue weighted by Crippen LogP contribution is -2.51. The van der Waals surface area contributed by atoms with Crippen LogP contribution in [0.2, 0.25) is 5.02 Å². The molecular formula is C32H39ClN2O2. The van der Waals surface area contributed by atoms with Crippen molar-refractivity contribution in [3.05, 3.63) is 76.6 Å². The smallest absolute Gasteiger partial charge is 0.230 e. The third-order valence-corrected chi connectivity index (χ3v) is 9.50. The number of halogens is 1. The maximum absolute atomic E-state index is 13.8. The first-order chi connectivity index (χ1) is 17.8. The van der Waals surface area contributed by atoms with Crippen molar-refractivity contribution in [1.82, 2.24) is 4.98 Å². The van der Waals surface area contributed by atoms with Crippen molar-refractivity contribution in [3.63, 3.8) is 0 Å². The first kappa shape index (κ1) is 26.0. The Hall–Kier alpha value is -2.59. The van der Waals surface area contributed by atoms with Crippen molar-refractivity contribution in [2.45, 2.75) is 66.4 Å². The highest BCUT2D eigenvalue weighted by molar-refractivity contribution is 6.32. The Balaban J connectivity index is 1.31. The summed E-state index contributed by atoms with van der Waals surface area (Å²) in [7, 11) is 0. The number of ether oxygens (including phenoxy) is 1. The first-order valence-electron chi connectivity index (χ1n) is 13.8. The van der Waals surface area contributed by atoms with Gasteiger partial charge in [-0.1, -0.05) is 63.1 Å². The van der Waals surface area contributed by atoms with Crippen LogP contribution in [0.1, 0.15) is 65.5 Å². The van der Waals surface area contributed by atoms with Gasteiger partial charge in [-0.25, -0.2) is 0 Å². The topological polar surface area (TPSA) is 51.2 Å². The largest absolute Gasteiger partial charge is 0.486 e. The van der Waals surface area contributed by atoms with Gasteiger partial charge in [0.05, 0.1) is 16.1 Å². The molecule has 1 aromatic carbocycles. The van der Waals surface area contributed by atoms with Crippen LogP contribution >= 0.6 is 11.6 Å². The summed E-state index contributed by atoms with van der Waals surface area (Å²) >= 11 is 6.53. The highest BCUT2D eigenvalue weighted by Crippen LogP contribution is 2.57. The van der Waals surface area contributed by atoms with Crippen LogP contribution < -0.4 is 10.1 Å². The number of benzene rings is 1. The number of hydrogen-bond acceptors (Lipinski definition) is 3. The third-order valence-electron chi connectivity index (χ3n) is 9.21. The second-order valence-electron chi connectivity index (χ2n) is 11.8. The molecule has 3 aliphatic rings. The number of fused-ring (bicyclic) bond motifs is 3. The monoisotopic (exact) mass is 518 g/mol. The van der Waals surface area contributed by atoms with E-state index < -0.39 is 5.41 Å². The van der Waals surface area contributed by atoms with E-state index in [1.165, 1.54) is 18.4 Å². The Morgan fingerprint density at radius 2 is 2.08 bits per heavy atom. The number of carbonyl (C=O) groups is 1. The molecule has 2 aromatic rings. The van der Waals surface area contributed by atoms with Crippen LogP contribution in [0.25, 0.3) is 0 Å². The molecule has 0 bridgehead atoms. The van der Waals surface area contributed by atoms with E-state index in [-0.39, 0.29) is 5.91 Å². The summed E-state index contributed by atoms with van der Waals surface area (Å²) < 4.78 is 5.86. The van der Waals surface area contributed by atoms with Gasteiger partial charge in [0.2, 0.25) is 5.91 Å². The zero-order valence-corrected chi connectivity index (χ0v) is 23.2. The van der Waals surface area contributed by atoms with Gasteiger partial charge in [0.25, 0.3) is 0 Å². The number of carbonyl (C=O) groups excluding carboxylic acids is 1.